The highest BCUT2D eigenvalue weighted by molar-refractivity contribution is 9.10. The lowest BCUT2D eigenvalue weighted by molar-refractivity contribution is -0.123. The zero-order chi connectivity index (χ0) is 24.8. The van der Waals surface area contributed by atoms with Crippen LogP contribution in [-0.2, 0) is 9.59 Å². The van der Waals surface area contributed by atoms with E-state index in [-0.39, 0.29) is 25.0 Å². The summed E-state index contributed by atoms with van der Waals surface area (Å²) in [6.45, 7) is 1.19. The lowest BCUT2D eigenvalue weighted by Crippen LogP contribution is -2.29. The third-order valence-corrected chi connectivity index (χ3v) is 6.46. The highest BCUT2D eigenvalue weighted by atomic mass is 79.9. The molecule has 0 aliphatic rings. The van der Waals surface area contributed by atoms with Gasteiger partial charge in [0.25, 0.3) is 11.8 Å². The first-order valence-electron chi connectivity index (χ1n) is 11.0. The molecular weight excluding hydrogens is 611 g/mol. The van der Waals surface area contributed by atoms with Crippen molar-refractivity contribution in [1.29, 1.82) is 0 Å². The van der Waals surface area contributed by atoms with Crippen molar-refractivity contribution in [2.75, 3.05) is 26.3 Å². The van der Waals surface area contributed by atoms with E-state index in [1.165, 1.54) is 0 Å². The minimum atomic E-state index is -0.148. The Hall–Kier alpha value is -1.48. The number of rotatable bonds is 15. The van der Waals surface area contributed by atoms with Crippen molar-refractivity contribution in [2.24, 2.45) is 0 Å². The quantitative estimate of drug-likeness (QED) is 0.217. The molecule has 0 unspecified atom stereocenters. The molecule has 0 heterocycles. The van der Waals surface area contributed by atoms with E-state index in [1.807, 2.05) is 0 Å². The van der Waals surface area contributed by atoms with Gasteiger partial charge in [0.05, 0.1) is 8.95 Å². The topological polar surface area (TPSA) is 76.7 Å². The molecule has 0 radical (unpaired) electrons. The monoisotopic (exact) mass is 636 g/mol. The van der Waals surface area contributed by atoms with E-state index < -0.39 is 0 Å². The molecule has 2 rings (SSSR count). The number of amides is 2. The summed E-state index contributed by atoms with van der Waals surface area (Å²) >= 11 is 18.5. The first-order valence-corrected chi connectivity index (χ1v) is 13.4. The van der Waals surface area contributed by atoms with E-state index >= 15 is 0 Å². The smallest absolute Gasteiger partial charge is 0.257 e. The normalized spacial score (nSPS) is 10.6. The van der Waals surface area contributed by atoms with Gasteiger partial charge in [0.1, 0.15) is 11.5 Å². The average molecular weight is 639 g/mol. The Morgan fingerprint density at radius 2 is 1.06 bits per heavy atom. The summed E-state index contributed by atoms with van der Waals surface area (Å²) in [7, 11) is 0. The Morgan fingerprint density at radius 1 is 0.676 bits per heavy atom. The number of ether oxygens (including phenoxy) is 2. The van der Waals surface area contributed by atoms with Crippen molar-refractivity contribution in [1.82, 2.24) is 10.6 Å². The van der Waals surface area contributed by atoms with Gasteiger partial charge in [-0.2, -0.15) is 0 Å². The maximum atomic E-state index is 11.9. The van der Waals surface area contributed by atoms with Gasteiger partial charge in [-0.25, -0.2) is 0 Å². The molecule has 186 valence electrons. The van der Waals surface area contributed by atoms with Crippen LogP contribution in [0, 0.1) is 0 Å². The summed E-state index contributed by atoms with van der Waals surface area (Å²) in [5.41, 5.74) is 0. The second-order valence-electron chi connectivity index (χ2n) is 7.55. The van der Waals surface area contributed by atoms with E-state index in [1.54, 1.807) is 36.4 Å². The molecule has 0 saturated heterocycles. The van der Waals surface area contributed by atoms with Gasteiger partial charge in [0, 0.05) is 23.1 Å². The van der Waals surface area contributed by atoms with Crippen LogP contribution in [0.25, 0.3) is 0 Å². The van der Waals surface area contributed by atoms with Crippen LogP contribution in [-0.4, -0.2) is 38.1 Å². The average Bonchev–Trinajstić information content (AvgIpc) is 2.79. The molecule has 0 aliphatic heterocycles. The number of unbranched alkanes of at least 4 members (excludes halogenated alkanes) is 5. The second-order valence-corrected chi connectivity index (χ2v) is 10.1. The molecular formula is C24H28Br2Cl2N2O4. The van der Waals surface area contributed by atoms with E-state index in [2.05, 4.69) is 42.5 Å². The van der Waals surface area contributed by atoms with Crippen molar-refractivity contribution in [3.8, 4) is 11.5 Å². The fraction of sp³-hybridized carbons (Fsp3) is 0.417. The zero-order valence-electron chi connectivity index (χ0n) is 18.7. The molecule has 0 spiro atoms. The largest absolute Gasteiger partial charge is 0.483 e. The van der Waals surface area contributed by atoms with Gasteiger partial charge in [0.2, 0.25) is 0 Å². The van der Waals surface area contributed by atoms with Gasteiger partial charge in [-0.1, -0.05) is 48.9 Å². The Balaban J connectivity index is 1.41. The van der Waals surface area contributed by atoms with Crippen molar-refractivity contribution >= 4 is 66.9 Å². The zero-order valence-corrected chi connectivity index (χ0v) is 23.4. The van der Waals surface area contributed by atoms with Gasteiger partial charge >= 0.3 is 0 Å². The van der Waals surface area contributed by atoms with Crippen LogP contribution < -0.4 is 20.1 Å². The van der Waals surface area contributed by atoms with E-state index in [9.17, 15) is 9.59 Å². The number of hydrogen-bond acceptors (Lipinski definition) is 4. The molecule has 6 nitrogen and oxygen atoms in total. The molecule has 2 aromatic rings. The van der Waals surface area contributed by atoms with Crippen LogP contribution in [0.1, 0.15) is 38.5 Å². The summed E-state index contributed by atoms with van der Waals surface area (Å²) < 4.78 is 12.4. The predicted molar refractivity (Wildman–Crippen MR) is 143 cm³/mol. The molecule has 0 fully saturated rings. The predicted octanol–water partition coefficient (Wildman–Crippen LogP) is 6.55. The summed E-state index contributed by atoms with van der Waals surface area (Å²) in [5, 5.41) is 6.92. The van der Waals surface area contributed by atoms with E-state index in [4.69, 9.17) is 32.7 Å². The standard InChI is InChI=1S/C24H28Br2Cl2N2O4/c25-19-13-17(27)7-9-21(19)33-15-23(31)29-11-5-3-1-2-4-6-12-30-24(32)16-34-22-10-8-18(28)14-20(22)26/h7-10,13-14H,1-6,11-12,15-16H2,(H,29,31)(H,30,32). The lowest BCUT2D eigenvalue weighted by Gasteiger charge is -2.09. The summed E-state index contributed by atoms with van der Waals surface area (Å²) in [6.07, 6.45) is 6.10. The fourth-order valence-corrected chi connectivity index (χ4v) is 4.58. The molecule has 0 bridgehead atoms. The molecule has 2 amide bonds. The first kappa shape index (κ1) is 28.8. The summed E-state index contributed by atoms with van der Waals surface area (Å²) in [6, 6.07) is 10.3. The minimum absolute atomic E-state index is 0.0338. The van der Waals surface area contributed by atoms with Crippen molar-refractivity contribution in [3.05, 3.63) is 55.4 Å². The van der Waals surface area contributed by atoms with Crippen LogP contribution >= 0.6 is 55.1 Å². The Labute approximate surface area is 227 Å². The summed E-state index contributed by atoms with van der Waals surface area (Å²) in [5.74, 6) is 0.866. The number of benzene rings is 2. The van der Waals surface area contributed by atoms with E-state index in [0.717, 1.165) is 38.5 Å². The van der Waals surface area contributed by atoms with E-state index in [0.29, 0.717) is 43.6 Å². The molecule has 0 aromatic heterocycles. The van der Waals surface area contributed by atoms with Crippen LogP contribution in [0.2, 0.25) is 10.0 Å². The number of nitrogens with one attached hydrogen (secondary N) is 2. The highest BCUT2D eigenvalue weighted by Gasteiger charge is 2.07. The van der Waals surface area contributed by atoms with Gasteiger partial charge in [-0.15, -0.1) is 0 Å². The van der Waals surface area contributed by atoms with Gasteiger partial charge in [-0.3, -0.25) is 9.59 Å². The van der Waals surface area contributed by atoms with Gasteiger partial charge in [0.15, 0.2) is 13.2 Å². The third kappa shape index (κ3) is 11.8. The molecule has 0 aliphatic carbocycles. The Kier molecular flexibility index (Phi) is 13.7. The number of carbonyl (C=O) groups is 2. The van der Waals surface area contributed by atoms with Crippen LogP contribution in [0.5, 0.6) is 11.5 Å². The van der Waals surface area contributed by atoms with Crippen molar-refractivity contribution in [3.63, 3.8) is 0 Å². The van der Waals surface area contributed by atoms with Gasteiger partial charge < -0.3 is 20.1 Å². The SMILES string of the molecule is O=C(COc1ccc(Cl)cc1Br)NCCCCCCCCNC(=O)COc1ccc(Cl)cc1Br. The Bertz CT molecular complexity index is 872. The molecule has 34 heavy (non-hydrogen) atoms. The third-order valence-electron chi connectivity index (χ3n) is 4.75. The minimum Gasteiger partial charge on any atom is -0.483 e. The second kappa shape index (κ2) is 16.2. The Morgan fingerprint density at radius 3 is 1.44 bits per heavy atom. The number of carbonyl (C=O) groups excluding carboxylic acids is 2. The van der Waals surface area contributed by atoms with Gasteiger partial charge in [-0.05, 0) is 81.1 Å². The molecule has 0 saturated carbocycles. The fourth-order valence-electron chi connectivity index (χ4n) is 2.99. The number of hydrogen-bond donors (Lipinski definition) is 2. The van der Waals surface area contributed by atoms with Crippen LogP contribution in [0.4, 0.5) is 0 Å². The van der Waals surface area contributed by atoms with Crippen LogP contribution in [0.15, 0.2) is 45.3 Å². The highest BCUT2D eigenvalue weighted by Crippen LogP contribution is 2.28. The first-order chi connectivity index (χ1) is 16.3. The number of halogens is 4. The molecule has 0 atom stereocenters. The maximum Gasteiger partial charge on any atom is 0.257 e. The van der Waals surface area contributed by atoms with Crippen molar-refractivity contribution in [2.45, 2.75) is 38.5 Å². The maximum absolute atomic E-state index is 11.9. The van der Waals surface area contributed by atoms with Crippen molar-refractivity contribution < 1.29 is 19.1 Å². The molecule has 2 N–H and O–H groups in total. The molecule has 2 aromatic carbocycles. The summed E-state index contributed by atoms with van der Waals surface area (Å²) in [4.78, 5) is 23.8. The lowest BCUT2D eigenvalue weighted by atomic mass is 10.1. The van der Waals surface area contributed by atoms with Crippen LogP contribution in [0.3, 0.4) is 0 Å². The molecule has 10 heteroatoms.